The van der Waals surface area contributed by atoms with Crippen LogP contribution in [0.5, 0.6) is 0 Å². The van der Waals surface area contributed by atoms with E-state index in [0.717, 1.165) is 32.6 Å². The molecule has 2 aliphatic heterocycles. The smallest absolute Gasteiger partial charge is 0.261 e. The molecule has 1 fully saturated rings. The largest absolute Gasteiger partial charge is 0.330 e. The molecule has 0 radical (unpaired) electrons. The maximum Gasteiger partial charge on any atom is 0.261 e. The monoisotopic (exact) mass is 337 g/mol. The van der Waals surface area contributed by atoms with Crippen LogP contribution in [0.4, 0.5) is 0 Å². The third kappa shape index (κ3) is 3.74. The summed E-state index contributed by atoms with van der Waals surface area (Å²) in [5, 5.41) is 0. The van der Waals surface area contributed by atoms with E-state index in [1.165, 1.54) is 17.7 Å². The van der Waals surface area contributed by atoms with Gasteiger partial charge in [-0.15, -0.1) is 12.4 Å². The molecule has 0 aromatic heterocycles. The van der Waals surface area contributed by atoms with Gasteiger partial charge in [0.2, 0.25) is 0 Å². The van der Waals surface area contributed by atoms with E-state index in [-0.39, 0.29) is 24.2 Å². The zero-order valence-electron chi connectivity index (χ0n) is 13.2. The highest BCUT2D eigenvalue weighted by Crippen LogP contribution is 2.23. The van der Waals surface area contributed by atoms with Crippen LogP contribution in [-0.4, -0.2) is 54.3 Å². The van der Waals surface area contributed by atoms with Crippen LogP contribution in [0.2, 0.25) is 0 Å². The van der Waals surface area contributed by atoms with Crippen LogP contribution in [0.3, 0.4) is 0 Å². The average molecular weight is 338 g/mol. The second kappa shape index (κ2) is 7.90. The Labute approximate surface area is 143 Å². The summed E-state index contributed by atoms with van der Waals surface area (Å²) in [6.45, 7) is 4.04. The molecular weight excluding hydrogens is 314 g/mol. The van der Waals surface area contributed by atoms with Gasteiger partial charge in [-0.1, -0.05) is 12.1 Å². The Hall–Kier alpha value is -1.43. The summed E-state index contributed by atoms with van der Waals surface area (Å²) in [7, 11) is 0. The van der Waals surface area contributed by atoms with Crippen LogP contribution in [0.15, 0.2) is 24.3 Å². The van der Waals surface area contributed by atoms with Crippen molar-refractivity contribution in [2.24, 2.45) is 11.7 Å². The molecule has 1 unspecified atom stereocenters. The molecule has 1 saturated heterocycles. The number of nitrogens with two attached hydrogens (primary N) is 1. The highest BCUT2D eigenvalue weighted by atomic mass is 35.5. The maximum atomic E-state index is 12.3. The molecule has 0 bridgehead atoms. The number of piperidine rings is 1. The van der Waals surface area contributed by atoms with Gasteiger partial charge in [-0.2, -0.15) is 0 Å². The van der Waals surface area contributed by atoms with Crippen molar-refractivity contribution < 1.29 is 9.59 Å². The lowest BCUT2D eigenvalue weighted by Gasteiger charge is -2.33. The van der Waals surface area contributed by atoms with Crippen LogP contribution in [-0.2, 0) is 0 Å². The molecule has 1 aromatic rings. The van der Waals surface area contributed by atoms with E-state index in [1.807, 2.05) is 0 Å². The van der Waals surface area contributed by atoms with Crippen molar-refractivity contribution in [2.45, 2.75) is 19.3 Å². The quantitative estimate of drug-likeness (QED) is 0.831. The van der Waals surface area contributed by atoms with Crippen molar-refractivity contribution in [1.29, 1.82) is 0 Å². The summed E-state index contributed by atoms with van der Waals surface area (Å²) in [5.41, 5.74) is 6.72. The lowest BCUT2D eigenvalue weighted by atomic mass is 9.95. The van der Waals surface area contributed by atoms with Crippen molar-refractivity contribution in [1.82, 2.24) is 9.80 Å². The Kier molecular flexibility index (Phi) is 6.16. The fourth-order valence-corrected chi connectivity index (χ4v) is 3.51. The number of rotatable bonds is 5. The number of likely N-dealkylation sites (tertiary alicyclic amines) is 1. The number of amides is 2. The van der Waals surface area contributed by atoms with Crippen molar-refractivity contribution in [3.05, 3.63) is 35.4 Å². The summed E-state index contributed by atoms with van der Waals surface area (Å²) >= 11 is 0. The Morgan fingerprint density at radius 1 is 1.09 bits per heavy atom. The normalized spacial score (nSPS) is 21.3. The molecular formula is C17H24ClN3O2. The fourth-order valence-electron chi connectivity index (χ4n) is 3.51. The Morgan fingerprint density at radius 3 is 2.35 bits per heavy atom. The zero-order valence-corrected chi connectivity index (χ0v) is 14.1. The molecule has 2 N–H and O–H groups in total. The molecule has 2 amide bonds. The Balaban J connectivity index is 0.00000192. The first-order chi connectivity index (χ1) is 10.7. The van der Waals surface area contributed by atoms with E-state index in [0.29, 0.717) is 23.6 Å². The molecule has 3 rings (SSSR count). The number of imide groups is 1. The predicted octanol–water partition coefficient (Wildman–Crippen LogP) is 1.77. The molecule has 0 spiro atoms. The first kappa shape index (κ1) is 17.9. The van der Waals surface area contributed by atoms with Crippen molar-refractivity contribution >= 4 is 24.2 Å². The first-order valence-corrected chi connectivity index (χ1v) is 8.08. The molecule has 6 heteroatoms. The topological polar surface area (TPSA) is 66.6 Å². The summed E-state index contributed by atoms with van der Waals surface area (Å²) in [5.74, 6) is 0.341. The van der Waals surface area contributed by atoms with Crippen LogP contribution in [0, 0.1) is 5.92 Å². The van der Waals surface area contributed by atoms with Gasteiger partial charge in [-0.25, -0.2) is 0 Å². The fraction of sp³-hybridized carbons (Fsp3) is 0.529. The minimum Gasteiger partial charge on any atom is -0.330 e. The number of hydrogen-bond acceptors (Lipinski definition) is 4. The summed E-state index contributed by atoms with van der Waals surface area (Å²) in [6, 6.07) is 7.06. The van der Waals surface area contributed by atoms with E-state index in [2.05, 4.69) is 4.90 Å². The number of hydrogen-bond donors (Lipinski definition) is 1. The molecule has 1 atom stereocenters. The second-order valence-electron chi connectivity index (χ2n) is 6.19. The van der Waals surface area contributed by atoms with E-state index >= 15 is 0 Å². The number of halogens is 1. The lowest BCUT2D eigenvalue weighted by Crippen LogP contribution is -2.42. The molecule has 0 saturated carbocycles. The molecule has 5 nitrogen and oxygen atoms in total. The third-order valence-electron chi connectivity index (χ3n) is 4.70. The van der Waals surface area contributed by atoms with Gasteiger partial charge in [-0.05, 0) is 50.4 Å². The highest BCUT2D eigenvalue weighted by Gasteiger charge is 2.35. The van der Waals surface area contributed by atoms with Crippen LogP contribution >= 0.6 is 12.4 Å². The molecule has 2 heterocycles. The van der Waals surface area contributed by atoms with Crippen molar-refractivity contribution in [3.8, 4) is 0 Å². The van der Waals surface area contributed by atoms with E-state index in [4.69, 9.17) is 5.73 Å². The minimum absolute atomic E-state index is 0. The van der Waals surface area contributed by atoms with Gasteiger partial charge in [0.25, 0.3) is 11.8 Å². The average Bonchev–Trinajstić information content (AvgIpc) is 2.78. The number of fused-ring (bicyclic) bond motifs is 1. The van der Waals surface area contributed by atoms with Gasteiger partial charge in [0, 0.05) is 19.6 Å². The summed E-state index contributed by atoms with van der Waals surface area (Å²) < 4.78 is 0. The zero-order chi connectivity index (χ0) is 15.5. The van der Waals surface area contributed by atoms with Gasteiger partial charge in [-0.3, -0.25) is 14.5 Å². The number of nitrogens with zero attached hydrogens (tertiary/aromatic N) is 2. The Bertz CT molecular complexity index is 542. The molecule has 2 aliphatic rings. The van der Waals surface area contributed by atoms with Crippen molar-refractivity contribution in [3.63, 3.8) is 0 Å². The molecule has 1 aromatic carbocycles. The SMILES string of the molecule is Cl.NCCC1CCCN(CCN2C(=O)c3ccccc3C2=O)C1. The van der Waals surface area contributed by atoms with Crippen molar-refractivity contribution in [2.75, 3.05) is 32.7 Å². The van der Waals surface area contributed by atoms with Crippen LogP contribution in [0.25, 0.3) is 0 Å². The minimum atomic E-state index is -0.156. The maximum absolute atomic E-state index is 12.3. The van der Waals surface area contributed by atoms with Crippen LogP contribution in [0.1, 0.15) is 40.0 Å². The van der Waals surface area contributed by atoms with Gasteiger partial charge >= 0.3 is 0 Å². The highest BCUT2D eigenvalue weighted by molar-refractivity contribution is 6.21. The van der Waals surface area contributed by atoms with Gasteiger partial charge in [0.05, 0.1) is 11.1 Å². The van der Waals surface area contributed by atoms with Crippen LogP contribution < -0.4 is 5.73 Å². The van der Waals surface area contributed by atoms with E-state index < -0.39 is 0 Å². The molecule has 126 valence electrons. The number of carbonyl (C=O) groups excluding carboxylic acids is 2. The summed E-state index contributed by atoms with van der Waals surface area (Å²) in [6.07, 6.45) is 3.47. The number of benzene rings is 1. The second-order valence-corrected chi connectivity index (χ2v) is 6.19. The lowest BCUT2D eigenvalue weighted by molar-refractivity contribution is 0.0622. The molecule has 23 heavy (non-hydrogen) atoms. The van der Waals surface area contributed by atoms with Gasteiger partial charge in [0.1, 0.15) is 0 Å². The van der Waals surface area contributed by atoms with Gasteiger partial charge in [0.15, 0.2) is 0 Å². The van der Waals surface area contributed by atoms with E-state index in [1.54, 1.807) is 24.3 Å². The summed E-state index contributed by atoms with van der Waals surface area (Å²) in [4.78, 5) is 28.4. The first-order valence-electron chi connectivity index (χ1n) is 8.08. The third-order valence-corrected chi connectivity index (χ3v) is 4.70. The Morgan fingerprint density at radius 2 is 1.74 bits per heavy atom. The predicted molar refractivity (Wildman–Crippen MR) is 91.9 cm³/mol. The van der Waals surface area contributed by atoms with E-state index in [9.17, 15) is 9.59 Å². The number of carbonyl (C=O) groups is 2. The molecule has 0 aliphatic carbocycles. The van der Waals surface area contributed by atoms with Gasteiger partial charge < -0.3 is 10.6 Å². The standard InChI is InChI=1S/C17H23N3O2.ClH/c18-8-7-13-4-3-9-19(12-13)10-11-20-16(21)14-5-1-2-6-15(14)17(20)22;/h1-2,5-6,13H,3-4,7-12,18H2;1H.